The minimum atomic E-state index is 0.527. The van der Waals surface area contributed by atoms with Crippen molar-refractivity contribution in [1.29, 1.82) is 0 Å². The van der Waals surface area contributed by atoms with Crippen LogP contribution in [0.3, 0.4) is 0 Å². The van der Waals surface area contributed by atoms with E-state index in [1.807, 2.05) is 6.20 Å². The molecular weight excluding hydrogens is 236 g/mol. The van der Waals surface area contributed by atoms with Crippen molar-refractivity contribution >= 4 is 5.95 Å². The Labute approximate surface area is 117 Å². The first-order chi connectivity index (χ1) is 9.24. The van der Waals surface area contributed by atoms with Gasteiger partial charge >= 0.3 is 0 Å². The van der Waals surface area contributed by atoms with Gasteiger partial charge in [0.1, 0.15) is 0 Å². The Morgan fingerprint density at radius 2 is 2.16 bits per heavy atom. The molecule has 1 unspecified atom stereocenters. The fourth-order valence-electron chi connectivity index (χ4n) is 2.48. The maximum Gasteiger partial charge on any atom is 0.203 e. The van der Waals surface area contributed by atoms with E-state index < -0.39 is 0 Å². The van der Waals surface area contributed by atoms with Gasteiger partial charge < -0.3 is 14.8 Å². The Hall–Kier alpha value is -1.03. The third-order valence-electron chi connectivity index (χ3n) is 4.04. The van der Waals surface area contributed by atoms with Crippen LogP contribution in [0.1, 0.15) is 52.5 Å². The van der Waals surface area contributed by atoms with Gasteiger partial charge in [-0.1, -0.05) is 13.8 Å². The second kappa shape index (κ2) is 6.94. The van der Waals surface area contributed by atoms with Gasteiger partial charge in [-0.2, -0.15) is 0 Å². The summed E-state index contributed by atoms with van der Waals surface area (Å²) in [5.41, 5.74) is 0. The number of nitrogens with zero attached hydrogens (tertiary/aromatic N) is 3. The van der Waals surface area contributed by atoms with Crippen molar-refractivity contribution in [2.75, 3.05) is 25.0 Å². The normalized spacial score (nSPS) is 16.8. The van der Waals surface area contributed by atoms with Gasteiger partial charge in [-0.3, -0.25) is 0 Å². The van der Waals surface area contributed by atoms with E-state index in [0.717, 1.165) is 19.0 Å². The highest BCUT2D eigenvalue weighted by atomic mass is 15.2. The molecule has 4 heteroatoms. The van der Waals surface area contributed by atoms with Crippen molar-refractivity contribution in [3.8, 4) is 0 Å². The molecule has 1 atom stereocenters. The third-order valence-corrected chi connectivity index (χ3v) is 4.04. The summed E-state index contributed by atoms with van der Waals surface area (Å²) in [6, 6.07) is 1.20. The number of imidazole rings is 1. The van der Waals surface area contributed by atoms with Gasteiger partial charge in [-0.25, -0.2) is 4.98 Å². The minimum absolute atomic E-state index is 0.527. The number of nitrogens with one attached hydrogen (secondary N) is 1. The molecule has 1 saturated carbocycles. The molecule has 1 aromatic rings. The van der Waals surface area contributed by atoms with Crippen molar-refractivity contribution < 1.29 is 0 Å². The summed E-state index contributed by atoms with van der Waals surface area (Å²) < 4.78 is 2.29. The first kappa shape index (κ1) is 14.4. The fourth-order valence-corrected chi connectivity index (χ4v) is 2.48. The molecule has 0 amide bonds. The van der Waals surface area contributed by atoms with Crippen LogP contribution in [0.2, 0.25) is 0 Å². The number of rotatable bonds is 9. The van der Waals surface area contributed by atoms with Gasteiger partial charge in [0.2, 0.25) is 5.95 Å². The topological polar surface area (TPSA) is 33.1 Å². The Morgan fingerprint density at radius 1 is 1.42 bits per heavy atom. The second-order valence-corrected chi connectivity index (χ2v) is 5.59. The van der Waals surface area contributed by atoms with Crippen LogP contribution in [0.15, 0.2) is 12.4 Å². The predicted molar refractivity (Wildman–Crippen MR) is 80.6 cm³/mol. The molecule has 0 radical (unpaired) electrons. The third kappa shape index (κ3) is 4.23. The summed E-state index contributed by atoms with van der Waals surface area (Å²) in [5, 5.41) is 3.51. The second-order valence-electron chi connectivity index (χ2n) is 5.59. The Morgan fingerprint density at radius 3 is 2.79 bits per heavy atom. The largest absolute Gasteiger partial charge is 0.353 e. The van der Waals surface area contributed by atoms with Crippen molar-refractivity contribution in [2.24, 2.45) is 0 Å². The smallest absolute Gasteiger partial charge is 0.203 e. The Kier molecular flexibility index (Phi) is 5.25. The van der Waals surface area contributed by atoms with Crippen molar-refractivity contribution in [1.82, 2.24) is 14.5 Å². The zero-order valence-corrected chi connectivity index (χ0v) is 12.6. The van der Waals surface area contributed by atoms with Gasteiger partial charge in [0.05, 0.1) is 0 Å². The summed E-state index contributed by atoms with van der Waals surface area (Å²) in [6.45, 7) is 10.3. The molecular formula is C15H28N4. The van der Waals surface area contributed by atoms with E-state index in [-0.39, 0.29) is 0 Å². The molecule has 1 N–H and O–H groups in total. The summed E-state index contributed by atoms with van der Waals surface area (Å²) in [5.74, 6) is 1.05. The van der Waals surface area contributed by atoms with Crippen molar-refractivity contribution in [3.05, 3.63) is 12.4 Å². The van der Waals surface area contributed by atoms with Crippen molar-refractivity contribution in [3.63, 3.8) is 0 Å². The van der Waals surface area contributed by atoms with Crippen LogP contribution < -0.4 is 5.32 Å². The molecule has 0 saturated heterocycles. The maximum atomic E-state index is 4.43. The summed E-state index contributed by atoms with van der Waals surface area (Å²) in [4.78, 5) is 6.92. The van der Waals surface area contributed by atoms with E-state index in [4.69, 9.17) is 0 Å². The molecule has 0 spiro atoms. The SMILES string of the molecule is CCN(CC)CCCC(C)n1ccnc1NC1CC1. The van der Waals surface area contributed by atoms with E-state index >= 15 is 0 Å². The van der Waals surface area contributed by atoms with E-state index in [1.54, 1.807) is 0 Å². The lowest BCUT2D eigenvalue weighted by molar-refractivity contribution is 0.288. The lowest BCUT2D eigenvalue weighted by Gasteiger charge is -2.21. The molecule has 1 fully saturated rings. The minimum Gasteiger partial charge on any atom is -0.353 e. The molecule has 1 aliphatic rings. The lowest BCUT2D eigenvalue weighted by Crippen LogP contribution is -2.24. The Balaban J connectivity index is 1.78. The summed E-state index contributed by atoms with van der Waals surface area (Å²) in [7, 11) is 0. The van der Waals surface area contributed by atoms with Crippen LogP contribution >= 0.6 is 0 Å². The number of aromatic nitrogens is 2. The van der Waals surface area contributed by atoms with Crippen LogP contribution in [0.5, 0.6) is 0 Å². The number of hydrogen-bond acceptors (Lipinski definition) is 3. The van der Waals surface area contributed by atoms with Gasteiger partial charge in [-0.15, -0.1) is 0 Å². The van der Waals surface area contributed by atoms with Gasteiger partial charge in [0.25, 0.3) is 0 Å². The average molecular weight is 264 g/mol. The molecule has 108 valence electrons. The lowest BCUT2D eigenvalue weighted by atomic mass is 10.1. The van der Waals surface area contributed by atoms with Crippen LogP contribution in [0, 0.1) is 0 Å². The molecule has 1 aromatic heterocycles. The molecule has 0 aromatic carbocycles. The fraction of sp³-hybridized carbons (Fsp3) is 0.800. The molecule has 19 heavy (non-hydrogen) atoms. The molecule has 2 rings (SSSR count). The zero-order chi connectivity index (χ0) is 13.7. The standard InChI is InChI=1S/C15H28N4/c1-4-18(5-2)11-6-7-13(3)19-12-10-16-15(19)17-14-8-9-14/h10,12-14H,4-9,11H2,1-3H3,(H,16,17). The van der Waals surface area contributed by atoms with E-state index in [9.17, 15) is 0 Å². The summed E-state index contributed by atoms with van der Waals surface area (Å²) in [6.07, 6.45) is 9.07. The van der Waals surface area contributed by atoms with E-state index in [0.29, 0.717) is 12.1 Å². The highest BCUT2D eigenvalue weighted by molar-refractivity contribution is 5.30. The van der Waals surface area contributed by atoms with Gasteiger partial charge in [0.15, 0.2) is 0 Å². The highest BCUT2D eigenvalue weighted by Gasteiger charge is 2.23. The molecule has 0 aliphatic heterocycles. The van der Waals surface area contributed by atoms with Crippen LogP contribution in [0.4, 0.5) is 5.95 Å². The van der Waals surface area contributed by atoms with Gasteiger partial charge in [-0.05, 0) is 52.2 Å². The van der Waals surface area contributed by atoms with E-state index in [1.165, 1.54) is 32.2 Å². The van der Waals surface area contributed by atoms with Crippen LogP contribution in [0.25, 0.3) is 0 Å². The number of anilines is 1. The summed E-state index contributed by atoms with van der Waals surface area (Å²) >= 11 is 0. The Bertz CT molecular complexity index is 366. The number of hydrogen-bond donors (Lipinski definition) is 1. The van der Waals surface area contributed by atoms with Gasteiger partial charge in [0, 0.05) is 24.5 Å². The first-order valence-electron chi connectivity index (χ1n) is 7.76. The molecule has 0 bridgehead atoms. The molecule has 1 aliphatic carbocycles. The predicted octanol–water partition coefficient (Wildman–Crippen LogP) is 3.14. The molecule has 1 heterocycles. The zero-order valence-electron chi connectivity index (χ0n) is 12.6. The molecule has 4 nitrogen and oxygen atoms in total. The maximum absolute atomic E-state index is 4.43. The van der Waals surface area contributed by atoms with Crippen molar-refractivity contribution in [2.45, 2.75) is 58.5 Å². The average Bonchev–Trinajstić information content (AvgIpc) is 3.10. The first-order valence-corrected chi connectivity index (χ1v) is 7.76. The monoisotopic (exact) mass is 264 g/mol. The quantitative estimate of drug-likeness (QED) is 0.744. The van der Waals surface area contributed by atoms with Crippen LogP contribution in [-0.2, 0) is 0 Å². The highest BCUT2D eigenvalue weighted by Crippen LogP contribution is 2.26. The van der Waals surface area contributed by atoms with Crippen LogP contribution in [-0.4, -0.2) is 40.1 Å². The van der Waals surface area contributed by atoms with E-state index in [2.05, 4.69) is 46.7 Å².